The third-order valence-corrected chi connectivity index (χ3v) is 9.21. The van der Waals surface area contributed by atoms with Crippen LogP contribution in [0.5, 0.6) is 0 Å². The maximum Gasteiger partial charge on any atom is 0.279 e. The van der Waals surface area contributed by atoms with Gasteiger partial charge >= 0.3 is 0 Å². The fourth-order valence-electron chi connectivity index (χ4n) is 4.41. The molecule has 0 bridgehead atoms. The van der Waals surface area contributed by atoms with Gasteiger partial charge in [-0.3, -0.25) is 9.69 Å². The van der Waals surface area contributed by atoms with E-state index in [1.165, 1.54) is 11.4 Å². The van der Waals surface area contributed by atoms with E-state index in [0.717, 1.165) is 25.7 Å². The number of piperazine rings is 1. The van der Waals surface area contributed by atoms with Crippen LogP contribution in [0.15, 0.2) is 0 Å². The first-order valence-corrected chi connectivity index (χ1v) is 12.9. The van der Waals surface area contributed by atoms with Crippen molar-refractivity contribution in [3.05, 3.63) is 0 Å². The summed E-state index contributed by atoms with van der Waals surface area (Å²) >= 11 is 0. The first-order chi connectivity index (χ1) is 12.7. The predicted octanol–water partition coefficient (Wildman–Crippen LogP) is -0.973. The monoisotopic (exact) mass is 422 g/mol. The van der Waals surface area contributed by atoms with Crippen molar-refractivity contribution in [2.24, 2.45) is 0 Å². The van der Waals surface area contributed by atoms with E-state index in [-0.39, 0.29) is 36.0 Å². The second-order valence-corrected chi connectivity index (χ2v) is 11.8. The Morgan fingerprint density at radius 2 is 1.70 bits per heavy atom. The quantitative estimate of drug-likeness (QED) is 0.590. The number of hydrogen-bond donors (Lipinski definition) is 1. The second-order valence-electron chi connectivity index (χ2n) is 7.68. The van der Waals surface area contributed by atoms with E-state index in [2.05, 4.69) is 4.72 Å². The molecule has 1 N–H and O–H groups in total. The van der Waals surface area contributed by atoms with Crippen LogP contribution >= 0.6 is 0 Å². The van der Waals surface area contributed by atoms with Crippen LogP contribution in [0.3, 0.4) is 0 Å². The van der Waals surface area contributed by atoms with Gasteiger partial charge in [-0.15, -0.1) is 0 Å². The second kappa shape index (κ2) is 8.32. The average Bonchev–Trinajstić information content (AvgIpc) is 3.26. The summed E-state index contributed by atoms with van der Waals surface area (Å²) in [6, 6.07) is -0.0710. The minimum atomic E-state index is -3.43. The summed E-state index contributed by atoms with van der Waals surface area (Å²) < 4.78 is 51.3. The average molecular weight is 423 g/mol. The number of rotatable bonds is 6. The Morgan fingerprint density at radius 3 is 2.22 bits per heavy atom. The van der Waals surface area contributed by atoms with Crippen molar-refractivity contribution in [3.63, 3.8) is 0 Å². The molecule has 0 aromatic heterocycles. The van der Waals surface area contributed by atoms with E-state index in [4.69, 9.17) is 0 Å². The van der Waals surface area contributed by atoms with Crippen molar-refractivity contribution >= 4 is 26.0 Å². The molecule has 27 heavy (non-hydrogen) atoms. The van der Waals surface area contributed by atoms with Gasteiger partial charge in [0, 0.05) is 45.3 Å². The Labute approximate surface area is 162 Å². The zero-order valence-electron chi connectivity index (χ0n) is 15.8. The van der Waals surface area contributed by atoms with Crippen molar-refractivity contribution < 1.29 is 21.6 Å². The molecule has 3 aliphatic rings. The Balaban J connectivity index is 1.62. The van der Waals surface area contributed by atoms with E-state index < -0.39 is 20.0 Å². The molecule has 0 aromatic carbocycles. The number of nitrogens with zero attached hydrogens (tertiary/aromatic N) is 3. The molecule has 2 aliphatic heterocycles. The van der Waals surface area contributed by atoms with Gasteiger partial charge in [0.1, 0.15) is 0 Å². The van der Waals surface area contributed by atoms with E-state index in [1.54, 1.807) is 0 Å². The minimum Gasteiger partial charge on any atom is -0.335 e. The lowest BCUT2D eigenvalue weighted by Gasteiger charge is -2.38. The highest BCUT2D eigenvalue weighted by Crippen LogP contribution is 2.29. The summed E-state index contributed by atoms with van der Waals surface area (Å²) in [6.07, 6.45) is 4.56. The Bertz CT molecular complexity index is 741. The Hall–Kier alpha value is -0.750. The fourth-order valence-corrected chi connectivity index (χ4v) is 7.03. The number of carbonyl (C=O) groups is 1. The summed E-state index contributed by atoms with van der Waals surface area (Å²) in [5.74, 6) is 0.215. The third-order valence-electron chi connectivity index (χ3n) is 5.90. The van der Waals surface area contributed by atoms with Crippen LogP contribution < -0.4 is 4.72 Å². The number of nitrogens with one attached hydrogen (secondary N) is 1. The minimum absolute atomic E-state index is 0.0195. The molecule has 0 aromatic rings. The Kier molecular flexibility index (Phi) is 6.46. The smallest absolute Gasteiger partial charge is 0.279 e. The van der Waals surface area contributed by atoms with Crippen molar-refractivity contribution in [2.75, 3.05) is 51.3 Å². The number of carbonyl (C=O) groups excluding carboxylic acids is 1. The normalized spacial score (nSPS) is 27.8. The molecule has 156 valence electrons. The van der Waals surface area contributed by atoms with Gasteiger partial charge in [0.15, 0.2) is 9.84 Å². The van der Waals surface area contributed by atoms with Gasteiger partial charge in [-0.2, -0.15) is 12.7 Å². The molecule has 1 aliphatic carbocycles. The molecule has 11 heteroatoms. The molecule has 1 amide bonds. The zero-order valence-corrected chi connectivity index (χ0v) is 17.5. The molecular formula is C16H30N4O5S2. The van der Waals surface area contributed by atoms with E-state index in [9.17, 15) is 21.6 Å². The molecule has 2 saturated heterocycles. The first-order valence-electron chi connectivity index (χ1n) is 9.64. The Morgan fingerprint density at radius 1 is 1.07 bits per heavy atom. The molecule has 3 fully saturated rings. The van der Waals surface area contributed by atoms with Gasteiger partial charge < -0.3 is 4.90 Å². The standard InChI is InChI=1S/C16H30N4O5S2/c1-17-27(24,25)19-9-7-18(8-10-19)12-16(21)20(14-4-2-3-5-14)15-6-11-26(22,23)13-15/h14-15,17H,2-13H2,1H3/t15-/m1/s1. The van der Waals surface area contributed by atoms with Gasteiger partial charge in [-0.1, -0.05) is 12.8 Å². The van der Waals surface area contributed by atoms with Crippen LogP contribution in [0.25, 0.3) is 0 Å². The summed E-state index contributed by atoms with van der Waals surface area (Å²) in [5, 5.41) is 0. The highest BCUT2D eigenvalue weighted by Gasteiger charge is 2.39. The first kappa shape index (κ1) is 21.0. The van der Waals surface area contributed by atoms with Crippen LogP contribution in [0.1, 0.15) is 32.1 Å². The molecule has 2 heterocycles. The third kappa shape index (κ3) is 5.00. The van der Waals surface area contributed by atoms with Gasteiger partial charge in [0.25, 0.3) is 10.2 Å². The van der Waals surface area contributed by atoms with Crippen LogP contribution in [0.2, 0.25) is 0 Å². The number of hydrogen-bond acceptors (Lipinski definition) is 6. The predicted molar refractivity (Wildman–Crippen MR) is 102 cm³/mol. The SMILES string of the molecule is CNS(=O)(=O)N1CCN(CC(=O)N(C2CCCC2)[C@@H]2CCS(=O)(=O)C2)CC1. The highest BCUT2D eigenvalue weighted by molar-refractivity contribution is 7.91. The van der Waals surface area contributed by atoms with Crippen molar-refractivity contribution in [2.45, 2.75) is 44.2 Å². The van der Waals surface area contributed by atoms with Crippen molar-refractivity contribution in [1.82, 2.24) is 18.8 Å². The maximum atomic E-state index is 13.1. The lowest BCUT2D eigenvalue weighted by Crippen LogP contribution is -2.55. The summed E-state index contributed by atoms with van der Waals surface area (Å²) in [6.45, 7) is 1.90. The van der Waals surface area contributed by atoms with Gasteiger partial charge in [0.05, 0.1) is 18.1 Å². The van der Waals surface area contributed by atoms with Gasteiger partial charge in [-0.25, -0.2) is 13.1 Å². The highest BCUT2D eigenvalue weighted by atomic mass is 32.2. The molecule has 0 spiro atoms. The topological polar surface area (TPSA) is 107 Å². The molecule has 0 radical (unpaired) electrons. The van der Waals surface area contributed by atoms with Crippen LogP contribution in [0, 0.1) is 0 Å². The lowest BCUT2D eigenvalue weighted by molar-refractivity contribution is -0.137. The van der Waals surface area contributed by atoms with E-state index >= 15 is 0 Å². The fraction of sp³-hybridized carbons (Fsp3) is 0.938. The summed E-state index contributed by atoms with van der Waals surface area (Å²) in [7, 11) is -5.10. The maximum absolute atomic E-state index is 13.1. The van der Waals surface area contributed by atoms with Gasteiger partial charge in [-0.05, 0) is 19.3 Å². The van der Waals surface area contributed by atoms with E-state index in [1.807, 2.05) is 9.80 Å². The molecule has 1 saturated carbocycles. The number of amides is 1. The molecule has 0 unspecified atom stereocenters. The van der Waals surface area contributed by atoms with Crippen molar-refractivity contribution in [3.8, 4) is 0 Å². The zero-order chi connectivity index (χ0) is 19.7. The van der Waals surface area contributed by atoms with Crippen LogP contribution in [-0.4, -0.2) is 100 Å². The van der Waals surface area contributed by atoms with Crippen LogP contribution in [0.4, 0.5) is 0 Å². The van der Waals surface area contributed by atoms with E-state index in [0.29, 0.717) is 32.6 Å². The summed E-state index contributed by atoms with van der Waals surface area (Å²) in [4.78, 5) is 16.9. The summed E-state index contributed by atoms with van der Waals surface area (Å²) in [5.41, 5.74) is 0. The molecule has 9 nitrogen and oxygen atoms in total. The van der Waals surface area contributed by atoms with Crippen LogP contribution in [-0.2, 0) is 24.8 Å². The number of sulfone groups is 1. The van der Waals surface area contributed by atoms with Crippen molar-refractivity contribution in [1.29, 1.82) is 0 Å². The molecule has 1 atom stereocenters. The molecule has 3 rings (SSSR count). The largest absolute Gasteiger partial charge is 0.335 e. The van der Waals surface area contributed by atoms with Gasteiger partial charge in [0.2, 0.25) is 5.91 Å². The lowest BCUT2D eigenvalue weighted by atomic mass is 10.1. The molecular weight excluding hydrogens is 392 g/mol.